The number of hydrogen-bond donors (Lipinski definition) is 0. The fraction of sp³-hybridized carbons (Fsp3) is 0.278. The van der Waals surface area contributed by atoms with E-state index in [0.29, 0.717) is 5.82 Å². The number of pyridine rings is 1. The first-order valence-electron chi connectivity index (χ1n) is 8.02. The van der Waals surface area contributed by atoms with Crippen LogP contribution < -0.4 is 4.90 Å². The molecule has 0 bridgehead atoms. The van der Waals surface area contributed by atoms with Crippen molar-refractivity contribution >= 4 is 17.6 Å². The van der Waals surface area contributed by atoms with E-state index in [0.717, 1.165) is 32.7 Å². The molecule has 1 aromatic carbocycles. The number of anilines is 1. The summed E-state index contributed by atoms with van der Waals surface area (Å²) in [6.07, 6.45) is 5.89. The molecule has 6 nitrogen and oxygen atoms in total. The summed E-state index contributed by atoms with van der Waals surface area (Å²) in [7, 11) is 0. The van der Waals surface area contributed by atoms with Crippen molar-refractivity contribution in [2.45, 2.75) is 0 Å². The number of hydrogen-bond acceptors (Lipinski definition) is 5. The number of nitro groups is 1. The molecule has 0 unspecified atom stereocenters. The standard InChI is InChI=1S/C18H20N4O2/c23-22(24)17-9-4-10-19-18(17)21-14-12-20(13-15-21)11-5-8-16-6-2-1-3-7-16/h1-10H,11-15H2/b8-5+. The zero-order valence-electron chi connectivity index (χ0n) is 13.4. The Morgan fingerprint density at radius 1 is 1.08 bits per heavy atom. The second-order valence-electron chi connectivity index (χ2n) is 5.70. The van der Waals surface area contributed by atoms with Crippen molar-refractivity contribution in [1.29, 1.82) is 0 Å². The van der Waals surface area contributed by atoms with Gasteiger partial charge in [-0.3, -0.25) is 15.0 Å². The molecule has 2 heterocycles. The van der Waals surface area contributed by atoms with Crippen LogP contribution >= 0.6 is 0 Å². The van der Waals surface area contributed by atoms with E-state index in [2.05, 4.69) is 34.2 Å². The van der Waals surface area contributed by atoms with E-state index in [1.807, 2.05) is 23.1 Å². The van der Waals surface area contributed by atoms with Crippen molar-refractivity contribution < 1.29 is 4.92 Å². The third-order valence-electron chi connectivity index (χ3n) is 4.11. The summed E-state index contributed by atoms with van der Waals surface area (Å²) in [6.45, 7) is 4.11. The molecule has 1 saturated heterocycles. The summed E-state index contributed by atoms with van der Waals surface area (Å²) in [5, 5.41) is 11.1. The summed E-state index contributed by atoms with van der Waals surface area (Å²) >= 11 is 0. The molecular formula is C18H20N4O2. The molecule has 24 heavy (non-hydrogen) atoms. The fourth-order valence-corrected chi connectivity index (χ4v) is 2.82. The minimum absolute atomic E-state index is 0.0786. The smallest absolute Gasteiger partial charge is 0.311 e. The van der Waals surface area contributed by atoms with Gasteiger partial charge in [0.25, 0.3) is 0 Å². The Morgan fingerprint density at radius 2 is 1.83 bits per heavy atom. The Kier molecular flexibility index (Phi) is 5.18. The van der Waals surface area contributed by atoms with Gasteiger partial charge in [0, 0.05) is 45.0 Å². The van der Waals surface area contributed by atoms with Gasteiger partial charge in [0.1, 0.15) is 0 Å². The van der Waals surface area contributed by atoms with Gasteiger partial charge in [0.15, 0.2) is 0 Å². The molecule has 1 aliphatic heterocycles. The van der Waals surface area contributed by atoms with Gasteiger partial charge < -0.3 is 4.90 Å². The molecule has 0 N–H and O–H groups in total. The molecule has 3 rings (SSSR count). The number of piperazine rings is 1. The molecular weight excluding hydrogens is 304 g/mol. The SMILES string of the molecule is O=[N+]([O-])c1cccnc1N1CCN(C/C=C/c2ccccc2)CC1. The lowest BCUT2D eigenvalue weighted by Crippen LogP contribution is -2.46. The molecule has 6 heteroatoms. The van der Waals surface area contributed by atoms with Crippen LogP contribution in [0.5, 0.6) is 0 Å². The van der Waals surface area contributed by atoms with Crippen LogP contribution in [-0.4, -0.2) is 47.5 Å². The molecule has 0 saturated carbocycles. The van der Waals surface area contributed by atoms with Gasteiger partial charge in [-0.2, -0.15) is 0 Å². The molecule has 0 radical (unpaired) electrons. The third kappa shape index (κ3) is 3.97. The van der Waals surface area contributed by atoms with E-state index >= 15 is 0 Å². The Bertz CT molecular complexity index is 710. The molecule has 1 fully saturated rings. The van der Waals surface area contributed by atoms with Gasteiger partial charge in [-0.05, 0) is 11.6 Å². The molecule has 0 atom stereocenters. The first kappa shape index (κ1) is 16.1. The average Bonchev–Trinajstić information content (AvgIpc) is 2.63. The molecule has 0 amide bonds. The van der Waals surface area contributed by atoms with Gasteiger partial charge in [-0.25, -0.2) is 4.98 Å². The number of nitrogens with zero attached hydrogens (tertiary/aromatic N) is 4. The summed E-state index contributed by atoms with van der Waals surface area (Å²) in [5.41, 5.74) is 1.27. The Morgan fingerprint density at radius 3 is 2.54 bits per heavy atom. The highest BCUT2D eigenvalue weighted by atomic mass is 16.6. The summed E-state index contributed by atoms with van der Waals surface area (Å²) in [5.74, 6) is 0.474. The third-order valence-corrected chi connectivity index (χ3v) is 4.11. The highest BCUT2D eigenvalue weighted by Gasteiger charge is 2.24. The van der Waals surface area contributed by atoms with Crippen molar-refractivity contribution in [3.05, 3.63) is 70.4 Å². The number of benzene rings is 1. The number of aromatic nitrogens is 1. The second kappa shape index (κ2) is 7.70. The van der Waals surface area contributed by atoms with Crippen LogP contribution in [0.2, 0.25) is 0 Å². The van der Waals surface area contributed by atoms with Crippen LogP contribution in [-0.2, 0) is 0 Å². The monoisotopic (exact) mass is 324 g/mol. The first-order chi connectivity index (χ1) is 11.7. The van der Waals surface area contributed by atoms with E-state index < -0.39 is 0 Å². The number of rotatable bonds is 5. The zero-order valence-corrected chi connectivity index (χ0v) is 13.4. The molecule has 1 aliphatic rings. The maximum absolute atomic E-state index is 11.1. The maximum atomic E-state index is 11.1. The average molecular weight is 324 g/mol. The van der Waals surface area contributed by atoms with Crippen molar-refractivity contribution in [1.82, 2.24) is 9.88 Å². The van der Waals surface area contributed by atoms with Gasteiger partial charge in [-0.1, -0.05) is 42.5 Å². The van der Waals surface area contributed by atoms with E-state index in [-0.39, 0.29) is 10.6 Å². The predicted octanol–water partition coefficient (Wildman–Crippen LogP) is 2.83. The highest BCUT2D eigenvalue weighted by Crippen LogP contribution is 2.25. The zero-order chi connectivity index (χ0) is 16.8. The second-order valence-corrected chi connectivity index (χ2v) is 5.70. The lowest BCUT2D eigenvalue weighted by atomic mass is 10.2. The van der Waals surface area contributed by atoms with E-state index in [1.54, 1.807) is 12.3 Å². The van der Waals surface area contributed by atoms with E-state index in [9.17, 15) is 10.1 Å². The Hall–Kier alpha value is -2.73. The van der Waals surface area contributed by atoms with Crippen LogP contribution in [0.25, 0.3) is 6.08 Å². The Balaban J connectivity index is 1.55. The van der Waals surface area contributed by atoms with Crippen molar-refractivity contribution in [2.75, 3.05) is 37.6 Å². The molecule has 2 aromatic rings. The van der Waals surface area contributed by atoms with Gasteiger partial charge in [-0.15, -0.1) is 0 Å². The lowest BCUT2D eigenvalue weighted by molar-refractivity contribution is -0.384. The van der Waals surface area contributed by atoms with Crippen molar-refractivity contribution in [2.24, 2.45) is 0 Å². The van der Waals surface area contributed by atoms with Crippen molar-refractivity contribution in [3.8, 4) is 0 Å². The minimum Gasteiger partial charge on any atom is -0.348 e. The largest absolute Gasteiger partial charge is 0.348 e. The lowest BCUT2D eigenvalue weighted by Gasteiger charge is -2.34. The molecule has 124 valence electrons. The highest BCUT2D eigenvalue weighted by molar-refractivity contribution is 5.57. The van der Waals surface area contributed by atoms with Crippen LogP contribution in [0, 0.1) is 10.1 Å². The molecule has 0 aliphatic carbocycles. The Labute approximate surface area is 141 Å². The van der Waals surface area contributed by atoms with Crippen molar-refractivity contribution in [3.63, 3.8) is 0 Å². The summed E-state index contributed by atoms with van der Waals surface area (Å²) in [6, 6.07) is 13.3. The van der Waals surface area contributed by atoms with Gasteiger partial charge in [0.2, 0.25) is 5.82 Å². The predicted molar refractivity (Wildman–Crippen MR) is 95.0 cm³/mol. The van der Waals surface area contributed by atoms with Crippen LogP contribution in [0.4, 0.5) is 11.5 Å². The normalized spacial score (nSPS) is 15.8. The quantitative estimate of drug-likeness (QED) is 0.625. The van der Waals surface area contributed by atoms with Crippen LogP contribution in [0.3, 0.4) is 0 Å². The summed E-state index contributed by atoms with van der Waals surface area (Å²) in [4.78, 5) is 19.3. The maximum Gasteiger partial charge on any atom is 0.311 e. The van der Waals surface area contributed by atoms with Crippen LogP contribution in [0.1, 0.15) is 5.56 Å². The summed E-state index contributed by atoms with van der Waals surface area (Å²) < 4.78 is 0. The van der Waals surface area contributed by atoms with Gasteiger partial charge in [0.05, 0.1) is 4.92 Å². The van der Waals surface area contributed by atoms with Gasteiger partial charge >= 0.3 is 5.69 Å². The van der Waals surface area contributed by atoms with E-state index in [1.165, 1.54) is 11.6 Å². The fourth-order valence-electron chi connectivity index (χ4n) is 2.82. The van der Waals surface area contributed by atoms with Crippen LogP contribution in [0.15, 0.2) is 54.7 Å². The molecule has 1 aromatic heterocycles. The molecule has 0 spiro atoms. The first-order valence-corrected chi connectivity index (χ1v) is 8.02. The topological polar surface area (TPSA) is 62.5 Å². The van der Waals surface area contributed by atoms with E-state index in [4.69, 9.17) is 0 Å². The minimum atomic E-state index is -0.364.